The number of rotatable bonds is 8. The molecule has 0 saturated heterocycles. The minimum atomic E-state index is -5.28. The number of carbonyl (C=O) groups is 1. The van der Waals surface area contributed by atoms with E-state index in [1.165, 1.54) is 29.6 Å². The molecule has 0 aliphatic carbocycles. The van der Waals surface area contributed by atoms with Crippen LogP contribution < -0.4 is 15.4 Å². The lowest BCUT2D eigenvalue weighted by Crippen LogP contribution is -2.53. The second kappa shape index (κ2) is 11.8. The lowest BCUT2D eigenvalue weighted by Gasteiger charge is -2.37. The van der Waals surface area contributed by atoms with Gasteiger partial charge in [-0.2, -0.15) is 39.5 Å². The van der Waals surface area contributed by atoms with Crippen molar-refractivity contribution in [3.05, 3.63) is 101 Å². The first-order chi connectivity index (χ1) is 18.9. The minimum absolute atomic E-state index is 0.239. The molecule has 1 atom stereocenters. The molecule has 3 aromatic rings. The lowest BCUT2D eigenvalue weighted by molar-refractivity contribution is -0.153. The van der Waals surface area contributed by atoms with Gasteiger partial charge in [-0.3, -0.25) is 0 Å². The number of benzene rings is 3. The molecule has 0 radical (unpaired) electrons. The van der Waals surface area contributed by atoms with Gasteiger partial charge >= 0.3 is 24.6 Å². The zero-order valence-electron chi connectivity index (χ0n) is 20.4. The molecule has 0 unspecified atom stereocenters. The topological polar surface area (TPSA) is 50.4 Å². The van der Waals surface area contributed by atoms with E-state index in [4.69, 9.17) is 0 Å². The van der Waals surface area contributed by atoms with Gasteiger partial charge < -0.3 is 15.4 Å². The summed E-state index contributed by atoms with van der Waals surface area (Å²) in [5, 5.41) is 3.61. The van der Waals surface area contributed by atoms with Crippen molar-refractivity contribution in [1.29, 1.82) is 0 Å². The molecule has 0 spiro atoms. The molecule has 0 aliphatic rings. The van der Waals surface area contributed by atoms with Crippen molar-refractivity contribution < 1.29 is 57.8 Å². The number of halogens is 11. The Kier molecular flexibility index (Phi) is 9.08. The first kappa shape index (κ1) is 31.5. The zero-order chi connectivity index (χ0) is 30.6. The minimum Gasteiger partial charge on any atom is -0.484 e. The molecule has 41 heavy (non-hydrogen) atoms. The Labute approximate surface area is 225 Å². The zero-order valence-corrected chi connectivity index (χ0v) is 20.4. The van der Waals surface area contributed by atoms with Crippen LogP contribution in [0.25, 0.3) is 0 Å². The number of carbonyl (C=O) groups excluding carboxylic acids is 1. The smallest absolute Gasteiger partial charge is 0.422 e. The summed E-state index contributed by atoms with van der Waals surface area (Å²) in [6.45, 7) is -3.77. The predicted molar refractivity (Wildman–Crippen MR) is 123 cm³/mol. The van der Waals surface area contributed by atoms with Gasteiger partial charge in [0.25, 0.3) is 0 Å². The van der Waals surface area contributed by atoms with Gasteiger partial charge in [-0.1, -0.05) is 36.4 Å². The molecule has 3 rings (SSSR count). The highest BCUT2D eigenvalue weighted by atomic mass is 19.4. The van der Waals surface area contributed by atoms with Crippen LogP contribution in [0.2, 0.25) is 0 Å². The van der Waals surface area contributed by atoms with Gasteiger partial charge in [0.2, 0.25) is 0 Å². The summed E-state index contributed by atoms with van der Waals surface area (Å²) in [5.41, 5.74) is -5.08. The largest absolute Gasteiger partial charge is 0.484 e. The summed E-state index contributed by atoms with van der Waals surface area (Å²) in [5.74, 6) is -3.75. The molecule has 0 aromatic heterocycles. The molecule has 0 fully saturated rings. The highest BCUT2D eigenvalue weighted by molar-refractivity contribution is 5.76. The second-order valence-electron chi connectivity index (χ2n) is 8.76. The summed E-state index contributed by atoms with van der Waals surface area (Å²) in [4.78, 5) is 12.7. The number of ether oxygens (including phenoxy) is 1. The Hall–Kier alpha value is -4.04. The van der Waals surface area contributed by atoms with Crippen molar-refractivity contribution in [2.24, 2.45) is 0 Å². The van der Waals surface area contributed by atoms with Crippen LogP contribution in [0.15, 0.2) is 66.7 Å². The third-order valence-corrected chi connectivity index (χ3v) is 5.62. The maximum Gasteiger partial charge on any atom is 0.422 e. The number of hydrogen-bond donors (Lipinski definition) is 2. The fourth-order valence-electron chi connectivity index (χ4n) is 3.95. The number of nitrogens with one attached hydrogen (secondary N) is 2. The van der Waals surface area contributed by atoms with Crippen molar-refractivity contribution >= 4 is 6.03 Å². The number of hydrogen-bond acceptors (Lipinski definition) is 2. The Morgan fingerprint density at radius 1 is 0.756 bits per heavy atom. The quantitative estimate of drug-likeness (QED) is 0.267. The summed E-state index contributed by atoms with van der Waals surface area (Å²) in [7, 11) is 0. The average Bonchev–Trinajstić information content (AvgIpc) is 2.85. The Bertz CT molecular complexity index is 1360. The van der Waals surface area contributed by atoms with E-state index in [1.807, 2.05) is 0 Å². The normalized spacial score (nSPS) is 13.8. The fraction of sp³-hybridized carbons (Fsp3) is 0.269. The Morgan fingerprint density at radius 2 is 1.41 bits per heavy atom. The monoisotopic (exact) mass is 600 g/mol. The maximum absolute atomic E-state index is 14.7. The summed E-state index contributed by atoms with van der Waals surface area (Å²) in [6, 6.07) is 9.10. The van der Waals surface area contributed by atoms with Gasteiger partial charge in [0.1, 0.15) is 23.9 Å². The number of amides is 2. The van der Waals surface area contributed by atoms with Crippen molar-refractivity contribution in [3.8, 4) is 5.75 Å². The molecule has 0 bridgehead atoms. The molecule has 0 heterocycles. The molecule has 0 aliphatic heterocycles. The van der Waals surface area contributed by atoms with Gasteiger partial charge in [-0.05, 0) is 41.0 Å². The van der Waals surface area contributed by atoms with E-state index in [-0.39, 0.29) is 11.6 Å². The van der Waals surface area contributed by atoms with E-state index in [1.54, 1.807) is 6.07 Å². The van der Waals surface area contributed by atoms with Crippen LogP contribution in [-0.2, 0) is 18.1 Å². The third-order valence-electron chi connectivity index (χ3n) is 5.62. The molecule has 2 N–H and O–H groups in total. The van der Waals surface area contributed by atoms with Crippen LogP contribution in [0.1, 0.15) is 22.3 Å². The van der Waals surface area contributed by atoms with E-state index in [2.05, 4.69) is 10.1 Å². The summed E-state index contributed by atoms with van der Waals surface area (Å²) >= 11 is 0. The Morgan fingerprint density at radius 3 is 2.00 bits per heavy atom. The standard InChI is InChI=1S/C26H19F11N2O2/c27-18-8-17(9-19(11-18)41-14-25(32,33)34)23(12-15-4-2-1-3-5-15,39-22(40)38-13-24(29,30)31)16-6-7-21(28)20(10-16)26(35,36)37/h1-11H,12-14H2,(H2,38,39,40)/t23-/m1/s1. The first-order valence-electron chi connectivity index (χ1n) is 11.4. The molecule has 3 aromatic carbocycles. The Balaban J connectivity index is 2.30. The number of alkyl halides is 9. The molecule has 15 heteroatoms. The molecular formula is C26H19F11N2O2. The third kappa shape index (κ3) is 8.72. The van der Waals surface area contributed by atoms with Crippen LogP contribution in [0.4, 0.5) is 53.1 Å². The van der Waals surface area contributed by atoms with Gasteiger partial charge in [0.15, 0.2) is 6.61 Å². The van der Waals surface area contributed by atoms with Crippen molar-refractivity contribution in [2.45, 2.75) is 30.5 Å². The molecular weight excluding hydrogens is 581 g/mol. The average molecular weight is 600 g/mol. The van der Waals surface area contributed by atoms with Crippen molar-refractivity contribution in [2.75, 3.05) is 13.2 Å². The molecule has 2 amide bonds. The highest BCUT2D eigenvalue weighted by Crippen LogP contribution is 2.40. The van der Waals surface area contributed by atoms with E-state index in [9.17, 15) is 53.1 Å². The van der Waals surface area contributed by atoms with E-state index in [0.717, 1.165) is 12.1 Å². The molecule has 222 valence electrons. The van der Waals surface area contributed by atoms with Crippen LogP contribution in [0.5, 0.6) is 5.75 Å². The summed E-state index contributed by atoms with van der Waals surface area (Å²) < 4.78 is 151. The highest BCUT2D eigenvalue weighted by Gasteiger charge is 2.42. The fourth-order valence-corrected chi connectivity index (χ4v) is 3.95. The van der Waals surface area contributed by atoms with E-state index in [0.29, 0.717) is 18.2 Å². The van der Waals surface area contributed by atoms with Gasteiger partial charge in [-0.15, -0.1) is 0 Å². The van der Waals surface area contributed by atoms with E-state index < -0.39 is 83.7 Å². The lowest BCUT2D eigenvalue weighted by atomic mass is 9.77. The van der Waals surface area contributed by atoms with Crippen LogP contribution in [0.3, 0.4) is 0 Å². The van der Waals surface area contributed by atoms with Gasteiger partial charge in [0, 0.05) is 12.5 Å². The number of urea groups is 1. The maximum atomic E-state index is 14.7. The molecule has 4 nitrogen and oxygen atoms in total. The van der Waals surface area contributed by atoms with Crippen LogP contribution in [-0.4, -0.2) is 31.5 Å². The first-order valence-corrected chi connectivity index (χ1v) is 11.4. The van der Waals surface area contributed by atoms with Crippen molar-refractivity contribution in [3.63, 3.8) is 0 Å². The van der Waals surface area contributed by atoms with Gasteiger partial charge in [0.05, 0.1) is 11.1 Å². The summed E-state index contributed by atoms with van der Waals surface area (Å²) in [6.07, 6.45) is -15.6. The molecule has 0 saturated carbocycles. The van der Waals surface area contributed by atoms with Gasteiger partial charge in [-0.25, -0.2) is 13.6 Å². The van der Waals surface area contributed by atoms with Crippen molar-refractivity contribution in [1.82, 2.24) is 10.6 Å². The van der Waals surface area contributed by atoms with E-state index >= 15 is 0 Å². The predicted octanol–water partition coefficient (Wildman–Crippen LogP) is 7.27. The SMILES string of the molecule is O=C(NCC(F)(F)F)N[C@@](Cc1ccccc1)(c1cc(F)cc(OCC(F)(F)F)c1)c1ccc(F)c(C(F)(F)F)c1. The van der Waals surface area contributed by atoms with Crippen LogP contribution >= 0.6 is 0 Å². The second-order valence-corrected chi connectivity index (χ2v) is 8.76. The van der Waals surface area contributed by atoms with Crippen LogP contribution in [0, 0.1) is 11.6 Å².